The lowest BCUT2D eigenvalue weighted by molar-refractivity contribution is 0.460. The van der Waals surface area contributed by atoms with Gasteiger partial charge in [0.25, 0.3) is 10.0 Å². The predicted molar refractivity (Wildman–Crippen MR) is 89.4 cm³/mol. The largest absolute Gasteiger partial charge is 0.354 e. The van der Waals surface area contributed by atoms with Crippen LogP contribution in [0.5, 0.6) is 0 Å². The van der Waals surface area contributed by atoms with Gasteiger partial charge in [-0.2, -0.15) is 4.37 Å². The minimum absolute atomic E-state index is 0.0609. The molecule has 4 rings (SSSR count). The molecule has 0 saturated heterocycles. The summed E-state index contributed by atoms with van der Waals surface area (Å²) in [6.07, 6.45) is 1.53. The van der Waals surface area contributed by atoms with Gasteiger partial charge in [-0.05, 0) is 35.8 Å². The number of hydrogen-bond donors (Lipinski definition) is 1. The number of nitrogens with zero attached hydrogens (tertiary/aromatic N) is 2. The Kier molecular flexibility index (Phi) is 3.26. The van der Waals surface area contributed by atoms with E-state index in [-0.39, 0.29) is 10.7 Å². The Morgan fingerprint density at radius 1 is 1.17 bits per heavy atom. The monoisotopic (exact) mass is 365 g/mol. The van der Waals surface area contributed by atoms with Crippen molar-refractivity contribution in [3.8, 4) is 0 Å². The minimum Gasteiger partial charge on any atom is -0.354 e. The van der Waals surface area contributed by atoms with E-state index >= 15 is 0 Å². The second-order valence-electron chi connectivity index (χ2n) is 4.74. The molecule has 9 heteroatoms. The average Bonchev–Trinajstić information content (AvgIpc) is 3.14. The van der Waals surface area contributed by atoms with Gasteiger partial charge in [0.2, 0.25) is 0 Å². The van der Waals surface area contributed by atoms with Crippen molar-refractivity contribution in [3.63, 3.8) is 0 Å². The van der Waals surface area contributed by atoms with Crippen molar-refractivity contribution < 1.29 is 12.9 Å². The van der Waals surface area contributed by atoms with Crippen LogP contribution >= 0.6 is 23.1 Å². The van der Waals surface area contributed by atoms with Crippen LogP contribution in [0.15, 0.2) is 52.0 Å². The highest BCUT2D eigenvalue weighted by Crippen LogP contribution is 2.32. The fourth-order valence-corrected chi connectivity index (χ4v) is 4.51. The lowest BCUT2D eigenvalue weighted by atomic mass is 10.2. The Hall–Kier alpha value is -2.16. The molecule has 0 aliphatic carbocycles. The molecule has 0 aliphatic heterocycles. The van der Waals surface area contributed by atoms with Gasteiger partial charge in [0.15, 0.2) is 11.4 Å². The summed E-state index contributed by atoms with van der Waals surface area (Å²) in [5.74, 6) is 0.0609. The zero-order chi connectivity index (χ0) is 16.0. The number of halogens is 1. The van der Waals surface area contributed by atoms with E-state index in [0.717, 1.165) is 4.70 Å². The van der Waals surface area contributed by atoms with E-state index in [1.807, 2.05) is 6.07 Å². The molecule has 0 aliphatic rings. The Morgan fingerprint density at radius 3 is 2.87 bits per heavy atom. The smallest absolute Gasteiger partial charge is 0.263 e. The quantitative estimate of drug-likeness (QED) is 0.595. The van der Waals surface area contributed by atoms with E-state index in [1.165, 1.54) is 23.8 Å². The van der Waals surface area contributed by atoms with E-state index in [2.05, 4.69) is 14.3 Å². The molecule has 116 valence electrons. The first-order valence-electron chi connectivity index (χ1n) is 6.46. The molecule has 0 amide bonds. The van der Waals surface area contributed by atoms with E-state index in [1.54, 1.807) is 24.3 Å². The average molecular weight is 366 g/mol. The number of aromatic nitrogens is 2. The van der Waals surface area contributed by atoms with Gasteiger partial charge < -0.3 is 4.52 Å². The second kappa shape index (κ2) is 5.19. The first-order valence-corrected chi connectivity index (χ1v) is 9.10. The molecule has 0 bridgehead atoms. The van der Waals surface area contributed by atoms with Crippen molar-refractivity contribution >= 4 is 60.0 Å². The summed E-state index contributed by atoms with van der Waals surface area (Å²) in [6.45, 7) is 0. The number of nitrogens with one attached hydrogen (secondary N) is 1. The van der Waals surface area contributed by atoms with Crippen LogP contribution in [-0.2, 0) is 10.0 Å². The molecule has 1 N–H and O–H groups in total. The Labute approximate surface area is 139 Å². The standard InChI is InChI=1S/C14H8ClN3O3S2/c15-9-3-1-4-10-13(9)14(17-21-10)18-23(19,20)12-6-2-5-11-8(12)7-16-22-11/h1-7H,(H,17,18). The molecule has 2 aromatic carbocycles. The van der Waals surface area contributed by atoms with Crippen molar-refractivity contribution in [1.29, 1.82) is 0 Å². The second-order valence-corrected chi connectivity index (χ2v) is 7.63. The summed E-state index contributed by atoms with van der Waals surface area (Å²) >= 11 is 7.35. The highest BCUT2D eigenvalue weighted by molar-refractivity contribution is 7.93. The van der Waals surface area contributed by atoms with Crippen LogP contribution in [0.1, 0.15) is 0 Å². The van der Waals surface area contributed by atoms with Crippen molar-refractivity contribution in [2.45, 2.75) is 4.90 Å². The van der Waals surface area contributed by atoms with Crippen LogP contribution in [0.3, 0.4) is 0 Å². The molecule has 6 nitrogen and oxygen atoms in total. The van der Waals surface area contributed by atoms with E-state index in [9.17, 15) is 8.42 Å². The number of sulfonamides is 1. The van der Waals surface area contributed by atoms with Gasteiger partial charge in [-0.15, -0.1) is 0 Å². The normalized spacial score (nSPS) is 12.0. The third kappa shape index (κ3) is 2.35. The third-order valence-corrected chi connectivity index (χ3v) is 5.80. The van der Waals surface area contributed by atoms with Crippen LogP contribution in [0.4, 0.5) is 5.82 Å². The molecule has 0 radical (unpaired) electrons. The van der Waals surface area contributed by atoms with Crippen molar-refractivity contribution in [1.82, 2.24) is 9.53 Å². The van der Waals surface area contributed by atoms with Crippen LogP contribution in [0.2, 0.25) is 5.02 Å². The summed E-state index contributed by atoms with van der Waals surface area (Å²) in [5.41, 5.74) is 0.408. The maximum atomic E-state index is 12.7. The van der Waals surface area contributed by atoms with Gasteiger partial charge >= 0.3 is 0 Å². The molecular formula is C14H8ClN3O3S2. The first kappa shape index (κ1) is 14.4. The van der Waals surface area contributed by atoms with Gasteiger partial charge in [0.1, 0.15) is 0 Å². The highest BCUT2D eigenvalue weighted by Gasteiger charge is 2.22. The zero-order valence-corrected chi connectivity index (χ0v) is 13.7. The molecule has 2 heterocycles. The molecule has 0 unspecified atom stereocenters. The Balaban J connectivity index is 1.85. The fraction of sp³-hybridized carbons (Fsp3) is 0. The molecule has 4 aromatic rings. The first-order chi connectivity index (χ1) is 11.1. The van der Waals surface area contributed by atoms with Gasteiger partial charge in [0.05, 0.1) is 20.0 Å². The SMILES string of the molecule is O=S(=O)(Nc1noc2cccc(Cl)c12)c1cccc2sncc12. The number of rotatable bonds is 3. The predicted octanol–water partition coefficient (Wildman–Crippen LogP) is 3.89. The summed E-state index contributed by atoms with van der Waals surface area (Å²) in [5, 5.41) is 5.11. The summed E-state index contributed by atoms with van der Waals surface area (Å²) < 4.78 is 37.8. The lowest BCUT2D eigenvalue weighted by Crippen LogP contribution is -2.13. The maximum absolute atomic E-state index is 12.7. The highest BCUT2D eigenvalue weighted by atomic mass is 35.5. The van der Waals surface area contributed by atoms with Crippen molar-refractivity contribution in [2.75, 3.05) is 4.72 Å². The Bertz CT molecular complexity index is 1130. The zero-order valence-electron chi connectivity index (χ0n) is 11.4. The molecule has 0 spiro atoms. The molecule has 23 heavy (non-hydrogen) atoms. The van der Waals surface area contributed by atoms with Crippen LogP contribution in [-0.4, -0.2) is 17.9 Å². The van der Waals surface area contributed by atoms with Crippen molar-refractivity contribution in [2.24, 2.45) is 0 Å². The number of hydrogen-bond acceptors (Lipinski definition) is 6. The number of anilines is 1. The van der Waals surface area contributed by atoms with Crippen molar-refractivity contribution in [3.05, 3.63) is 47.6 Å². The van der Waals surface area contributed by atoms with Gasteiger partial charge in [-0.1, -0.05) is 28.9 Å². The fourth-order valence-electron chi connectivity index (χ4n) is 2.30. The lowest BCUT2D eigenvalue weighted by Gasteiger charge is -2.06. The number of benzene rings is 2. The van der Waals surface area contributed by atoms with Crippen LogP contribution in [0, 0.1) is 0 Å². The summed E-state index contributed by atoms with van der Waals surface area (Å²) in [6, 6.07) is 10.0. The van der Waals surface area contributed by atoms with Crippen LogP contribution < -0.4 is 4.72 Å². The van der Waals surface area contributed by atoms with E-state index in [0.29, 0.717) is 21.4 Å². The summed E-state index contributed by atoms with van der Waals surface area (Å²) in [4.78, 5) is 0.131. The molecular weight excluding hydrogens is 358 g/mol. The van der Waals surface area contributed by atoms with Crippen LogP contribution in [0.25, 0.3) is 21.1 Å². The maximum Gasteiger partial charge on any atom is 0.263 e. The molecule has 0 saturated carbocycles. The molecule has 0 fully saturated rings. The topological polar surface area (TPSA) is 85.1 Å². The third-order valence-electron chi connectivity index (χ3n) is 3.33. The van der Waals surface area contributed by atoms with Gasteiger partial charge in [-0.25, -0.2) is 8.42 Å². The van der Waals surface area contributed by atoms with E-state index in [4.69, 9.17) is 16.1 Å². The minimum atomic E-state index is -3.85. The molecule has 2 aromatic heterocycles. The Morgan fingerprint density at radius 2 is 2.00 bits per heavy atom. The van der Waals surface area contributed by atoms with E-state index < -0.39 is 10.0 Å². The molecule has 0 atom stereocenters. The number of fused-ring (bicyclic) bond motifs is 2. The van der Waals surface area contributed by atoms with Gasteiger partial charge in [0, 0.05) is 11.6 Å². The van der Waals surface area contributed by atoms with Gasteiger partial charge in [-0.3, -0.25) is 4.72 Å². The summed E-state index contributed by atoms with van der Waals surface area (Å²) in [7, 11) is -3.85.